The quantitative estimate of drug-likeness (QED) is 0.341. The summed E-state index contributed by atoms with van der Waals surface area (Å²) in [7, 11) is 0. The molecular weight excluding hydrogens is 220 g/mol. The van der Waals surface area contributed by atoms with Gasteiger partial charge in [-0.15, -0.1) is 0 Å². The second-order valence-electron chi connectivity index (χ2n) is 3.28. The Morgan fingerprint density at radius 3 is 2.06 bits per heavy atom. The number of carbonyl (C=O) groups is 2. The van der Waals surface area contributed by atoms with Gasteiger partial charge in [0.25, 0.3) is 0 Å². The van der Waals surface area contributed by atoms with Crippen LogP contribution in [0.3, 0.4) is 0 Å². The van der Waals surface area contributed by atoms with Crippen molar-refractivity contribution in [2.75, 3.05) is 0 Å². The Balaban J connectivity index is 4.42. The standard InChI is InChI=1S/C9H16O7/c1-2-3-4(10)5(11)6(12)7(13)8(14)9(15)16/h5-8,11-14H,2-3H2,1H3,(H,15,16)/t5-,6+,7-,8-/m0/s1/i1D. The van der Waals surface area contributed by atoms with Gasteiger partial charge in [-0.3, -0.25) is 4.79 Å². The molecule has 0 aromatic rings. The summed E-state index contributed by atoms with van der Waals surface area (Å²) in [6.45, 7) is -0.0329. The Hall–Kier alpha value is -1.02. The second kappa shape index (κ2) is 6.54. The fourth-order valence-electron chi connectivity index (χ4n) is 1.03. The van der Waals surface area contributed by atoms with Gasteiger partial charge in [-0.1, -0.05) is 6.90 Å². The average Bonchev–Trinajstić information content (AvgIpc) is 2.31. The Kier molecular flexibility index (Phi) is 5.33. The number of aliphatic hydroxyl groups excluding tert-OH is 4. The fourth-order valence-corrected chi connectivity index (χ4v) is 1.03. The third-order valence-corrected chi connectivity index (χ3v) is 2.00. The number of carboxylic acids is 1. The van der Waals surface area contributed by atoms with Crippen molar-refractivity contribution in [2.45, 2.75) is 44.2 Å². The number of hydrogen-bond donors (Lipinski definition) is 5. The van der Waals surface area contributed by atoms with Gasteiger partial charge in [0.15, 0.2) is 11.9 Å². The molecule has 0 aliphatic carbocycles. The molecule has 0 saturated carbocycles. The molecule has 0 amide bonds. The Morgan fingerprint density at radius 1 is 1.12 bits per heavy atom. The molecule has 7 heteroatoms. The summed E-state index contributed by atoms with van der Waals surface area (Å²) in [4.78, 5) is 21.5. The zero-order valence-corrected chi connectivity index (χ0v) is 8.48. The van der Waals surface area contributed by atoms with Crippen molar-refractivity contribution in [1.82, 2.24) is 0 Å². The first-order valence-electron chi connectivity index (χ1n) is 5.30. The fraction of sp³-hybridized carbons (Fsp3) is 0.778. The van der Waals surface area contributed by atoms with Crippen molar-refractivity contribution in [1.29, 1.82) is 0 Å². The lowest BCUT2D eigenvalue weighted by Crippen LogP contribution is -2.49. The van der Waals surface area contributed by atoms with Crippen LogP contribution in [0.25, 0.3) is 0 Å². The largest absolute Gasteiger partial charge is 0.479 e. The lowest BCUT2D eigenvalue weighted by atomic mass is 9.98. The maximum Gasteiger partial charge on any atom is 0.335 e. The van der Waals surface area contributed by atoms with Crippen LogP contribution in [-0.4, -0.2) is 61.7 Å². The zero-order chi connectivity index (χ0) is 13.6. The van der Waals surface area contributed by atoms with Crippen LogP contribution < -0.4 is 0 Å². The van der Waals surface area contributed by atoms with E-state index in [1.54, 1.807) is 0 Å². The van der Waals surface area contributed by atoms with Crippen LogP contribution in [0.2, 0.25) is 0 Å². The molecule has 0 radical (unpaired) electrons. The summed E-state index contributed by atoms with van der Waals surface area (Å²) >= 11 is 0. The van der Waals surface area contributed by atoms with Gasteiger partial charge in [0, 0.05) is 7.79 Å². The topological polar surface area (TPSA) is 135 Å². The molecule has 0 rings (SSSR count). The highest BCUT2D eigenvalue weighted by molar-refractivity contribution is 5.83. The molecule has 0 saturated heterocycles. The lowest BCUT2D eigenvalue weighted by molar-refractivity contribution is -0.165. The minimum absolute atomic E-state index is 0.0329. The van der Waals surface area contributed by atoms with Gasteiger partial charge in [0.1, 0.15) is 18.3 Å². The number of hydrogen-bond acceptors (Lipinski definition) is 6. The average molecular weight is 237 g/mol. The summed E-state index contributed by atoms with van der Waals surface area (Å²) < 4.78 is 6.79. The van der Waals surface area contributed by atoms with Crippen LogP contribution in [0.5, 0.6) is 0 Å². The van der Waals surface area contributed by atoms with Gasteiger partial charge >= 0.3 is 5.97 Å². The summed E-state index contributed by atoms with van der Waals surface area (Å²) in [6, 6.07) is 0. The maximum absolute atomic E-state index is 11.2. The monoisotopic (exact) mass is 237 g/mol. The second-order valence-corrected chi connectivity index (χ2v) is 3.28. The molecule has 0 aliphatic rings. The van der Waals surface area contributed by atoms with Crippen molar-refractivity contribution < 1.29 is 36.5 Å². The van der Waals surface area contributed by atoms with Gasteiger partial charge in [-0.25, -0.2) is 4.79 Å². The maximum atomic E-state index is 11.2. The van der Waals surface area contributed by atoms with E-state index in [0.717, 1.165) is 0 Å². The van der Waals surface area contributed by atoms with Crippen LogP contribution >= 0.6 is 0 Å². The SMILES string of the molecule is [2H]CCCC(=O)[C@H](O)[C@@H](O)[C@H](O)[C@H](O)C(=O)O. The van der Waals surface area contributed by atoms with Crippen LogP contribution in [0.4, 0.5) is 0 Å². The number of rotatable bonds is 7. The van der Waals surface area contributed by atoms with E-state index in [1.807, 2.05) is 0 Å². The molecule has 5 N–H and O–H groups in total. The summed E-state index contributed by atoms with van der Waals surface area (Å²) in [5.41, 5.74) is 0. The van der Waals surface area contributed by atoms with Crippen molar-refractivity contribution in [2.24, 2.45) is 0 Å². The summed E-state index contributed by atoms with van der Waals surface area (Å²) in [6.07, 6.45) is -8.51. The van der Waals surface area contributed by atoms with Crippen molar-refractivity contribution in [3.8, 4) is 0 Å². The predicted molar refractivity (Wildman–Crippen MR) is 51.6 cm³/mol. The van der Waals surface area contributed by atoms with Crippen LogP contribution in [0.15, 0.2) is 0 Å². The van der Waals surface area contributed by atoms with Gasteiger partial charge in [-0.05, 0) is 6.42 Å². The zero-order valence-electron chi connectivity index (χ0n) is 9.48. The number of carboxylic acid groups (broad SMARTS) is 1. The van der Waals surface area contributed by atoms with E-state index in [2.05, 4.69) is 0 Å². The van der Waals surface area contributed by atoms with E-state index in [-0.39, 0.29) is 19.7 Å². The molecule has 0 spiro atoms. The molecule has 16 heavy (non-hydrogen) atoms. The molecule has 0 bridgehead atoms. The number of ketones is 1. The van der Waals surface area contributed by atoms with Gasteiger partial charge in [-0.2, -0.15) is 0 Å². The molecule has 0 fully saturated rings. The van der Waals surface area contributed by atoms with E-state index in [1.165, 1.54) is 0 Å². The third kappa shape index (κ3) is 3.86. The summed E-state index contributed by atoms with van der Waals surface area (Å²) in [5.74, 6) is -2.59. The molecular formula is C9H16O7. The first-order chi connectivity index (χ1) is 7.82. The van der Waals surface area contributed by atoms with Crippen molar-refractivity contribution in [3.05, 3.63) is 0 Å². The Morgan fingerprint density at radius 2 is 1.62 bits per heavy atom. The van der Waals surface area contributed by atoms with E-state index >= 15 is 0 Å². The number of aliphatic carboxylic acids is 1. The molecule has 94 valence electrons. The molecule has 0 heterocycles. The van der Waals surface area contributed by atoms with Crippen molar-refractivity contribution in [3.63, 3.8) is 0 Å². The third-order valence-electron chi connectivity index (χ3n) is 2.00. The highest BCUT2D eigenvalue weighted by Crippen LogP contribution is 2.08. The predicted octanol–water partition coefficient (Wildman–Crippen LogP) is -2.12. The van der Waals surface area contributed by atoms with Crippen LogP contribution in [-0.2, 0) is 9.59 Å². The Bertz CT molecular complexity index is 270. The molecule has 4 atom stereocenters. The van der Waals surface area contributed by atoms with E-state index < -0.39 is 36.2 Å². The highest BCUT2D eigenvalue weighted by Gasteiger charge is 2.36. The molecule has 0 aromatic carbocycles. The first-order valence-corrected chi connectivity index (χ1v) is 4.60. The summed E-state index contributed by atoms with van der Waals surface area (Å²) in [5, 5.41) is 45.0. The smallest absolute Gasteiger partial charge is 0.335 e. The van der Waals surface area contributed by atoms with E-state index in [4.69, 9.17) is 11.6 Å². The number of carbonyl (C=O) groups excluding carboxylic acids is 1. The minimum Gasteiger partial charge on any atom is -0.479 e. The van der Waals surface area contributed by atoms with Crippen LogP contribution in [0, 0.1) is 0 Å². The number of aliphatic hydroxyl groups is 4. The first kappa shape index (κ1) is 13.0. The molecule has 0 aromatic heterocycles. The molecule has 0 aliphatic heterocycles. The van der Waals surface area contributed by atoms with Gasteiger partial charge in [0.2, 0.25) is 0 Å². The lowest BCUT2D eigenvalue weighted by Gasteiger charge is -2.23. The van der Waals surface area contributed by atoms with Gasteiger partial charge < -0.3 is 25.5 Å². The van der Waals surface area contributed by atoms with Crippen LogP contribution in [0.1, 0.15) is 21.1 Å². The molecule has 0 unspecified atom stereocenters. The molecule has 7 nitrogen and oxygen atoms in total. The highest BCUT2D eigenvalue weighted by atomic mass is 16.4. The van der Waals surface area contributed by atoms with E-state index in [0.29, 0.717) is 0 Å². The van der Waals surface area contributed by atoms with E-state index in [9.17, 15) is 24.9 Å². The normalized spacial score (nSPS) is 19.4. The Labute approximate surface area is 93.4 Å². The van der Waals surface area contributed by atoms with Gasteiger partial charge in [0.05, 0.1) is 0 Å². The van der Waals surface area contributed by atoms with Crippen molar-refractivity contribution >= 4 is 11.8 Å². The minimum atomic E-state index is -2.29. The number of Topliss-reactive ketones (excluding diaryl/α,β-unsaturated/α-hetero) is 1.